The lowest BCUT2D eigenvalue weighted by atomic mass is 9.98. The van der Waals surface area contributed by atoms with Crippen molar-refractivity contribution in [2.45, 2.75) is 19.1 Å². The van der Waals surface area contributed by atoms with Gasteiger partial charge in [-0.15, -0.1) is 0 Å². The maximum Gasteiger partial charge on any atom is 0.435 e. The van der Waals surface area contributed by atoms with Crippen LogP contribution in [0.25, 0.3) is 27.8 Å². The molecule has 0 radical (unpaired) electrons. The number of rotatable bonds is 5. The highest BCUT2D eigenvalue weighted by Crippen LogP contribution is 2.38. The second kappa shape index (κ2) is 9.73. The van der Waals surface area contributed by atoms with Crippen molar-refractivity contribution in [3.8, 4) is 16.8 Å². The largest absolute Gasteiger partial charge is 0.435 e. The lowest BCUT2D eigenvalue weighted by Crippen LogP contribution is -2.39. The molecule has 1 amide bonds. The van der Waals surface area contributed by atoms with E-state index in [1.165, 1.54) is 30.3 Å². The van der Waals surface area contributed by atoms with Gasteiger partial charge < -0.3 is 20.1 Å². The predicted molar refractivity (Wildman–Crippen MR) is 145 cm³/mol. The third-order valence-corrected chi connectivity index (χ3v) is 7.06. The molecule has 1 aliphatic rings. The van der Waals surface area contributed by atoms with Gasteiger partial charge in [-0.2, -0.15) is 18.3 Å². The Morgan fingerprint density at radius 3 is 2.59 bits per heavy atom. The molecule has 8 nitrogen and oxygen atoms in total. The Kier molecular flexibility index (Phi) is 6.29. The van der Waals surface area contributed by atoms with Crippen molar-refractivity contribution in [1.82, 2.24) is 19.8 Å². The number of carbonyl (C=O) groups is 1. The highest BCUT2D eigenvalue weighted by molar-refractivity contribution is 6.08. The third kappa shape index (κ3) is 4.59. The zero-order valence-corrected chi connectivity index (χ0v) is 22.0. The Morgan fingerprint density at radius 2 is 1.85 bits per heavy atom. The highest BCUT2D eigenvalue weighted by atomic mass is 19.4. The van der Waals surface area contributed by atoms with E-state index in [0.29, 0.717) is 23.1 Å². The molecule has 0 saturated heterocycles. The van der Waals surface area contributed by atoms with E-state index in [2.05, 4.69) is 10.3 Å². The summed E-state index contributed by atoms with van der Waals surface area (Å²) in [6.45, 7) is 0.497. The van der Waals surface area contributed by atoms with Gasteiger partial charge in [-0.05, 0) is 67.5 Å². The van der Waals surface area contributed by atoms with E-state index in [1.54, 1.807) is 6.07 Å². The third-order valence-electron chi connectivity index (χ3n) is 7.06. The number of hydrogen-bond acceptors (Lipinski definition) is 6. The predicted octanol–water partition coefficient (Wildman–Crippen LogP) is 5.69. The lowest BCUT2D eigenvalue weighted by Gasteiger charge is -2.28. The number of carbonyl (C=O) groups excluding carboxylic acids is 1. The lowest BCUT2D eigenvalue weighted by molar-refractivity contribution is -0.141. The summed E-state index contributed by atoms with van der Waals surface area (Å²) < 4.78 is 63.6. The molecule has 12 heteroatoms. The number of hydrogen-bond donors (Lipinski definition) is 1. The summed E-state index contributed by atoms with van der Waals surface area (Å²) in [6, 6.07) is 16.5. The molecule has 0 aliphatic carbocycles. The number of halogens is 4. The maximum absolute atomic E-state index is 15.6. The SMILES string of the molecule is CN(C)Cc1ccccc1-c1ccc(N2CCc3c(C(F)(F)F)nn(-c4ccc5onc(N)c5c4)c3C2=O)c(F)c1. The number of benzene rings is 3. The minimum Gasteiger partial charge on any atom is -0.380 e. The molecule has 0 fully saturated rings. The number of nitrogen functional groups attached to an aromatic ring is 1. The summed E-state index contributed by atoms with van der Waals surface area (Å²) in [6.07, 6.45) is -4.97. The molecule has 2 N–H and O–H groups in total. The highest BCUT2D eigenvalue weighted by Gasteiger charge is 2.43. The standard InChI is InChI=1S/C29H24F4N6O2/c1-37(2)15-17-5-3-4-6-19(17)16-7-9-23(22(30)13-16)38-12-11-20-25(28(38)40)39(35-26(20)29(31,32)33)18-8-10-24-21(14-18)27(34)36-41-24/h3-10,13-14H,11-12,15H2,1-2H3,(H2,34,36). The van der Waals surface area contributed by atoms with Crippen LogP contribution < -0.4 is 10.6 Å². The number of nitrogens with two attached hydrogens (primary N) is 1. The summed E-state index contributed by atoms with van der Waals surface area (Å²) in [5, 5.41) is 7.82. The monoisotopic (exact) mass is 564 g/mol. The summed E-state index contributed by atoms with van der Waals surface area (Å²) in [4.78, 5) is 16.9. The van der Waals surface area contributed by atoms with Gasteiger partial charge in [0.05, 0.1) is 16.8 Å². The normalized spacial score (nSPS) is 13.8. The first kappa shape index (κ1) is 26.5. The van der Waals surface area contributed by atoms with Crippen molar-refractivity contribution in [3.63, 3.8) is 0 Å². The Labute approximate surface area is 231 Å². The van der Waals surface area contributed by atoms with E-state index < -0.39 is 23.6 Å². The molecule has 2 aromatic heterocycles. The van der Waals surface area contributed by atoms with Crippen molar-refractivity contribution in [2.24, 2.45) is 0 Å². The van der Waals surface area contributed by atoms with E-state index in [-0.39, 0.29) is 41.4 Å². The van der Waals surface area contributed by atoms with Crippen molar-refractivity contribution in [2.75, 3.05) is 31.3 Å². The molecular weight excluding hydrogens is 540 g/mol. The molecule has 3 heterocycles. The first-order chi connectivity index (χ1) is 19.5. The van der Waals surface area contributed by atoms with E-state index in [9.17, 15) is 18.0 Å². The van der Waals surface area contributed by atoms with Gasteiger partial charge in [0.1, 0.15) is 11.5 Å². The zero-order chi connectivity index (χ0) is 29.1. The van der Waals surface area contributed by atoms with Gasteiger partial charge in [-0.1, -0.05) is 35.5 Å². The van der Waals surface area contributed by atoms with Gasteiger partial charge in [0, 0.05) is 18.7 Å². The number of fused-ring (bicyclic) bond motifs is 2. The van der Waals surface area contributed by atoms with Crippen LogP contribution in [0.1, 0.15) is 27.3 Å². The van der Waals surface area contributed by atoms with Crippen LogP contribution in [0.4, 0.5) is 29.1 Å². The molecule has 41 heavy (non-hydrogen) atoms. The molecule has 6 rings (SSSR count). The van der Waals surface area contributed by atoms with Gasteiger partial charge in [0.2, 0.25) is 0 Å². The van der Waals surface area contributed by atoms with Gasteiger partial charge in [-0.3, -0.25) is 4.79 Å². The minimum atomic E-state index is -4.80. The van der Waals surface area contributed by atoms with Gasteiger partial charge in [-0.25, -0.2) is 9.07 Å². The Bertz CT molecular complexity index is 1810. The smallest absolute Gasteiger partial charge is 0.380 e. The second-order valence-corrected chi connectivity index (χ2v) is 10.1. The second-order valence-electron chi connectivity index (χ2n) is 10.1. The van der Waals surface area contributed by atoms with Gasteiger partial charge in [0.25, 0.3) is 5.91 Å². The van der Waals surface area contributed by atoms with E-state index >= 15 is 4.39 Å². The van der Waals surface area contributed by atoms with Crippen LogP contribution in [0, 0.1) is 5.82 Å². The molecule has 3 aromatic carbocycles. The fourth-order valence-electron chi connectivity index (χ4n) is 5.26. The molecule has 5 aromatic rings. The zero-order valence-electron chi connectivity index (χ0n) is 22.0. The molecule has 0 saturated carbocycles. The van der Waals surface area contributed by atoms with Crippen molar-refractivity contribution >= 4 is 28.4 Å². The van der Waals surface area contributed by atoms with Crippen LogP contribution in [0.15, 0.2) is 65.2 Å². The van der Waals surface area contributed by atoms with Crippen molar-refractivity contribution < 1.29 is 26.9 Å². The molecule has 210 valence electrons. The van der Waals surface area contributed by atoms with Crippen LogP contribution in [0.5, 0.6) is 0 Å². The first-order valence-electron chi connectivity index (χ1n) is 12.7. The van der Waals surface area contributed by atoms with Crippen molar-refractivity contribution in [3.05, 3.63) is 89.0 Å². The minimum absolute atomic E-state index is 0.0328. The average Bonchev–Trinajstić information content (AvgIpc) is 3.50. The molecule has 0 atom stereocenters. The number of aromatic nitrogens is 3. The summed E-state index contributed by atoms with van der Waals surface area (Å²) in [5.41, 5.74) is 7.04. The van der Waals surface area contributed by atoms with Crippen LogP contribution in [-0.2, 0) is 19.1 Å². The van der Waals surface area contributed by atoms with E-state index in [1.807, 2.05) is 43.3 Å². The Balaban J connectivity index is 1.42. The molecule has 0 bridgehead atoms. The van der Waals surface area contributed by atoms with Crippen molar-refractivity contribution in [1.29, 1.82) is 0 Å². The van der Waals surface area contributed by atoms with Crippen LogP contribution in [-0.4, -0.2) is 46.4 Å². The van der Waals surface area contributed by atoms with Crippen LogP contribution >= 0.6 is 0 Å². The fraction of sp³-hybridized carbons (Fsp3) is 0.207. The molecular formula is C29H24F4N6O2. The number of alkyl halides is 3. The Morgan fingerprint density at radius 1 is 1.07 bits per heavy atom. The van der Waals surface area contributed by atoms with Crippen LogP contribution in [0.2, 0.25) is 0 Å². The fourth-order valence-corrected chi connectivity index (χ4v) is 5.26. The van der Waals surface area contributed by atoms with E-state index in [0.717, 1.165) is 20.7 Å². The first-order valence-corrected chi connectivity index (χ1v) is 12.7. The number of amides is 1. The van der Waals surface area contributed by atoms with Gasteiger partial charge in [0.15, 0.2) is 17.1 Å². The maximum atomic E-state index is 15.6. The molecule has 0 spiro atoms. The van der Waals surface area contributed by atoms with Crippen LogP contribution in [0.3, 0.4) is 0 Å². The summed E-state index contributed by atoms with van der Waals surface area (Å²) in [5.74, 6) is -1.42. The topological polar surface area (TPSA) is 93.4 Å². The quantitative estimate of drug-likeness (QED) is 0.276. The average molecular weight is 565 g/mol. The number of nitrogens with zero attached hydrogens (tertiary/aromatic N) is 5. The molecule has 0 unspecified atom stereocenters. The summed E-state index contributed by atoms with van der Waals surface area (Å²) >= 11 is 0. The molecule has 1 aliphatic heterocycles. The number of anilines is 2. The summed E-state index contributed by atoms with van der Waals surface area (Å²) in [7, 11) is 3.87. The Hall–Kier alpha value is -4.71. The van der Waals surface area contributed by atoms with Gasteiger partial charge >= 0.3 is 6.18 Å². The van der Waals surface area contributed by atoms with E-state index in [4.69, 9.17) is 10.3 Å².